The summed E-state index contributed by atoms with van der Waals surface area (Å²) >= 11 is 5.68. The molecule has 0 radical (unpaired) electrons. The number of hydrogen-bond acceptors (Lipinski definition) is 3. The van der Waals surface area contributed by atoms with Crippen molar-refractivity contribution in [1.29, 1.82) is 0 Å². The maximum absolute atomic E-state index is 10.5. The zero-order valence-corrected chi connectivity index (χ0v) is 8.26. The fourth-order valence-corrected chi connectivity index (χ4v) is 1.03. The lowest BCUT2D eigenvalue weighted by molar-refractivity contribution is -0.142. The predicted octanol–water partition coefficient (Wildman–Crippen LogP) is 2.11. The lowest BCUT2D eigenvalue weighted by Gasteiger charge is -2.04. The SMILES string of the molecule is CC(=O)OCc1nc(Cl)ccc1C. The maximum atomic E-state index is 10.5. The quantitative estimate of drug-likeness (QED) is 0.541. The monoisotopic (exact) mass is 199 g/mol. The van der Waals surface area contributed by atoms with Crippen LogP contribution in [0.15, 0.2) is 12.1 Å². The van der Waals surface area contributed by atoms with Gasteiger partial charge < -0.3 is 4.74 Å². The molecule has 1 aromatic rings. The van der Waals surface area contributed by atoms with E-state index in [1.807, 2.05) is 13.0 Å². The second-order valence-electron chi connectivity index (χ2n) is 2.68. The number of ether oxygens (including phenoxy) is 1. The smallest absolute Gasteiger partial charge is 0.303 e. The third-order valence-corrected chi connectivity index (χ3v) is 1.79. The van der Waals surface area contributed by atoms with Gasteiger partial charge in [0, 0.05) is 6.92 Å². The molecule has 0 amide bonds. The molecule has 3 nitrogen and oxygen atoms in total. The van der Waals surface area contributed by atoms with Gasteiger partial charge in [-0.3, -0.25) is 4.79 Å². The Morgan fingerprint density at radius 2 is 2.31 bits per heavy atom. The van der Waals surface area contributed by atoms with E-state index in [2.05, 4.69) is 4.98 Å². The van der Waals surface area contributed by atoms with E-state index in [1.165, 1.54) is 6.92 Å². The Labute approximate surface area is 81.7 Å². The standard InChI is InChI=1S/C9H10ClNO2/c1-6-3-4-9(10)11-8(6)5-13-7(2)12/h3-4H,5H2,1-2H3. The first kappa shape index (κ1) is 9.99. The van der Waals surface area contributed by atoms with E-state index in [9.17, 15) is 4.79 Å². The van der Waals surface area contributed by atoms with Gasteiger partial charge in [0.1, 0.15) is 11.8 Å². The van der Waals surface area contributed by atoms with Crippen LogP contribution in [0, 0.1) is 6.92 Å². The number of aromatic nitrogens is 1. The van der Waals surface area contributed by atoms with Gasteiger partial charge in [-0.05, 0) is 18.6 Å². The molecule has 0 unspecified atom stereocenters. The number of pyridine rings is 1. The molecule has 1 rings (SSSR count). The minimum absolute atomic E-state index is 0.182. The molecule has 0 bridgehead atoms. The van der Waals surface area contributed by atoms with E-state index in [0.717, 1.165) is 5.56 Å². The summed E-state index contributed by atoms with van der Waals surface area (Å²) < 4.78 is 4.80. The predicted molar refractivity (Wildman–Crippen MR) is 49.5 cm³/mol. The van der Waals surface area contributed by atoms with E-state index >= 15 is 0 Å². The first-order chi connectivity index (χ1) is 6.09. The molecule has 0 fully saturated rings. The van der Waals surface area contributed by atoms with Crippen LogP contribution >= 0.6 is 11.6 Å². The Hall–Kier alpha value is -1.09. The van der Waals surface area contributed by atoms with Gasteiger partial charge in [0.15, 0.2) is 0 Å². The largest absolute Gasteiger partial charge is 0.459 e. The third kappa shape index (κ3) is 3.03. The minimum Gasteiger partial charge on any atom is -0.459 e. The Morgan fingerprint density at radius 1 is 1.62 bits per heavy atom. The molecule has 4 heteroatoms. The summed E-state index contributed by atoms with van der Waals surface area (Å²) in [5.41, 5.74) is 1.66. The Morgan fingerprint density at radius 3 is 2.92 bits per heavy atom. The molecule has 0 aliphatic heterocycles. The van der Waals surface area contributed by atoms with Gasteiger partial charge in [0.2, 0.25) is 0 Å². The zero-order valence-electron chi connectivity index (χ0n) is 7.50. The maximum Gasteiger partial charge on any atom is 0.303 e. The van der Waals surface area contributed by atoms with Crippen LogP contribution in [0.5, 0.6) is 0 Å². The van der Waals surface area contributed by atoms with Crippen molar-refractivity contribution in [2.75, 3.05) is 0 Å². The average molecular weight is 200 g/mol. The molecule has 0 aromatic carbocycles. The Bertz CT molecular complexity index is 325. The number of carbonyl (C=O) groups is 1. The Balaban J connectivity index is 2.75. The van der Waals surface area contributed by atoms with Gasteiger partial charge in [0.25, 0.3) is 0 Å². The fourth-order valence-electron chi connectivity index (χ4n) is 0.860. The average Bonchev–Trinajstić information content (AvgIpc) is 2.06. The molecule has 0 spiro atoms. The van der Waals surface area contributed by atoms with Crippen molar-refractivity contribution < 1.29 is 9.53 Å². The summed E-state index contributed by atoms with van der Waals surface area (Å²) in [5, 5.41) is 0.410. The highest BCUT2D eigenvalue weighted by Gasteiger charge is 2.02. The van der Waals surface area contributed by atoms with Crippen molar-refractivity contribution >= 4 is 17.6 Å². The third-order valence-electron chi connectivity index (χ3n) is 1.58. The van der Waals surface area contributed by atoms with E-state index in [4.69, 9.17) is 16.3 Å². The second-order valence-corrected chi connectivity index (χ2v) is 3.07. The lowest BCUT2D eigenvalue weighted by atomic mass is 10.2. The Kier molecular flexibility index (Phi) is 3.25. The highest BCUT2D eigenvalue weighted by Crippen LogP contribution is 2.11. The molecule has 0 saturated heterocycles. The number of aryl methyl sites for hydroxylation is 1. The summed E-state index contributed by atoms with van der Waals surface area (Å²) in [4.78, 5) is 14.6. The van der Waals surface area contributed by atoms with Crippen LogP contribution in [0.25, 0.3) is 0 Å². The zero-order chi connectivity index (χ0) is 9.84. The highest BCUT2D eigenvalue weighted by atomic mass is 35.5. The highest BCUT2D eigenvalue weighted by molar-refractivity contribution is 6.29. The van der Waals surface area contributed by atoms with Crippen molar-refractivity contribution in [2.45, 2.75) is 20.5 Å². The molecule has 1 heterocycles. The molecular weight excluding hydrogens is 190 g/mol. The number of carbonyl (C=O) groups excluding carboxylic acids is 1. The van der Waals surface area contributed by atoms with E-state index in [0.29, 0.717) is 10.8 Å². The summed E-state index contributed by atoms with van der Waals surface area (Å²) in [6.07, 6.45) is 0. The van der Waals surface area contributed by atoms with Crippen LogP contribution in [0.4, 0.5) is 0 Å². The molecule has 0 aliphatic carbocycles. The van der Waals surface area contributed by atoms with Crippen LogP contribution in [-0.2, 0) is 16.1 Å². The number of halogens is 1. The van der Waals surface area contributed by atoms with E-state index in [1.54, 1.807) is 6.07 Å². The number of esters is 1. The summed E-state index contributed by atoms with van der Waals surface area (Å²) in [5.74, 6) is -0.318. The first-order valence-electron chi connectivity index (χ1n) is 3.85. The van der Waals surface area contributed by atoms with Crippen LogP contribution in [0.1, 0.15) is 18.2 Å². The van der Waals surface area contributed by atoms with E-state index in [-0.39, 0.29) is 12.6 Å². The topological polar surface area (TPSA) is 39.2 Å². The molecule has 0 N–H and O–H groups in total. The molecule has 0 atom stereocenters. The molecular formula is C9H10ClNO2. The van der Waals surface area contributed by atoms with E-state index < -0.39 is 0 Å². The molecule has 1 aromatic heterocycles. The number of nitrogens with zero attached hydrogens (tertiary/aromatic N) is 1. The van der Waals surface area contributed by atoms with Gasteiger partial charge >= 0.3 is 5.97 Å². The minimum atomic E-state index is -0.318. The molecule has 0 saturated carbocycles. The van der Waals surface area contributed by atoms with Gasteiger partial charge in [-0.2, -0.15) is 0 Å². The van der Waals surface area contributed by atoms with Crippen molar-refractivity contribution in [2.24, 2.45) is 0 Å². The number of rotatable bonds is 2. The summed E-state index contributed by atoms with van der Waals surface area (Å²) in [7, 11) is 0. The van der Waals surface area contributed by atoms with Crippen molar-refractivity contribution in [3.05, 3.63) is 28.5 Å². The van der Waals surface area contributed by atoms with Crippen LogP contribution in [0.2, 0.25) is 5.15 Å². The molecule has 0 aliphatic rings. The van der Waals surface area contributed by atoms with Crippen LogP contribution < -0.4 is 0 Å². The molecule has 13 heavy (non-hydrogen) atoms. The van der Waals surface area contributed by atoms with Gasteiger partial charge in [-0.1, -0.05) is 17.7 Å². The summed E-state index contributed by atoms with van der Waals surface area (Å²) in [6.45, 7) is 3.43. The fraction of sp³-hybridized carbons (Fsp3) is 0.333. The van der Waals surface area contributed by atoms with Gasteiger partial charge in [-0.15, -0.1) is 0 Å². The van der Waals surface area contributed by atoms with Crippen molar-refractivity contribution in [3.63, 3.8) is 0 Å². The van der Waals surface area contributed by atoms with Gasteiger partial charge in [0.05, 0.1) is 5.69 Å². The second kappa shape index (κ2) is 4.23. The lowest BCUT2D eigenvalue weighted by Crippen LogP contribution is -2.02. The normalized spacial score (nSPS) is 9.77. The number of hydrogen-bond donors (Lipinski definition) is 0. The van der Waals surface area contributed by atoms with Crippen LogP contribution in [-0.4, -0.2) is 11.0 Å². The first-order valence-corrected chi connectivity index (χ1v) is 4.23. The van der Waals surface area contributed by atoms with Gasteiger partial charge in [-0.25, -0.2) is 4.98 Å². The van der Waals surface area contributed by atoms with Crippen molar-refractivity contribution in [1.82, 2.24) is 4.98 Å². The van der Waals surface area contributed by atoms with Crippen molar-refractivity contribution in [3.8, 4) is 0 Å². The van der Waals surface area contributed by atoms with Crippen LogP contribution in [0.3, 0.4) is 0 Å². The summed E-state index contributed by atoms with van der Waals surface area (Å²) in [6, 6.07) is 3.54. The molecule has 70 valence electrons.